The molecule has 1 amide bonds. The number of nitrogens with two attached hydrogens (primary N) is 1. The molecule has 2 rings (SSSR count). The minimum atomic E-state index is -3.67. The predicted octanol–water partition coefficient (Wildman–Crippen LogP) is 0.245. The van der Waals surface area contributed by atoms with Crippen LogP contribution in [0.5, 0.6) is 5.75 Å². The molecular formula is C12H15N3O6S. The van der Waals surface area contributed by atoms with Crippen molar-refractivity contribution in [2.45, 2.75) is 6.42 Å². The number of nitro benzene ring substituents is 1. The van der Waals surface area contributed by atoms with Gasteiger partial charge >= 0.3 is 0 Å². The largest absolute Gasteiger partial charge is 0.494 e. The maximum Gasteiger partial charge on any atom is 0.273 e. The summed E-state index contributed by atoms with van der Waals surface area (Å²) in [7, 11) is -2.33. The van der Waals surface area contributed by atoms with Crippen molar-refractivity contribution in [2.24, 2.45) is 11.1 Å². The van der Waals surface area contributed by atoms with Crippen LogP contribution in [0.25, 0.3) is 0 Å². The summed E-state index contributed by atoms with van der Waals surface area (Å²) in [4.78, 5) is 23.6. The Bertz CT molecular complexity index is 718. The van der Waals surface area contributed by atoms with Crippen LogP contribution in [0.15, 0.2) is 18.2 Å². The molecule has 0 saturated carbocycles. The Labute approximate surface area is 126 Å². The van der Waals surface area contributed by atoms with Gasteiger partial charge in [-0.05, 0) is 6.07 Å². The van der Waals surface area contributed by atoms with Crippen LogP contribution in [0.1, 0.15) is 6.42 Å². The first-order valence-electron chi connectivity index (χ1n) is 6.34. The molecule has 120 valence electrons. The minimum Gasteiger partial charge on any atom is -0.494 e. The number of amides is 1. The van der Waals surface area contributed by atoms with Crippen LogP contribution in [0.3, 0.4) is 0 Å². The third-order valence-electron chi connectivity index (χ3n) is 3.34. The molecule has 1 atom stereocenters. The van der Waals surface area contributed by atoms with Crippen molar-refractivity contribution >= 4 is 27.3 Å². The van der Waals surface area contributed by atoms with Crippen LogP contribution in [-0.2, 0) is 14.8 Å². The molecule has 22 heavy (non-hydrogen) atoms. The highest BCUT2D eigenvalue weighted by atomic mass is 32.2. The number of benzene rings is 1. The highest BCUT2D eigenvalue weighted by Gasteiger charge is 2.34. The van der Waals surface area contributed by atoms with Crippen molar-refractivity contribution in [1.29, 1.82) is 0 Å². The average Bonchev–Trinajstić information content (AvgIpc) is 2.76. The van der Waals surface area contributed by atoms with Crippen molar-refractivity contribution in [3.63, 3.8) is 0 Å². The number of primary sulfonamides is 1. The van der Waals surface area contributed by atoms with Gasteiger partial charge in [-0.1, -0.05) is 0 Å². The summed E-state index contributed by atoms with van der Waals surface area (Å²) in [5.41, 5.74) is 0.211. The molecule has 1 aromatic rings. The van der Waals surface area contributed by atoms with Crippen LogP contribution in [0, 0.1) is 16.0 Å². The second kappa shape index (κ2) is 5.89. The fourth-order valence-electron chi connectivity index (χ4n) is 2.46. The smallest absolute Gasteiger partial charge is 0.273 e. The molecule has 0 spiro atoms. The summed E-state index contributed by atoms with van der Waals surface area (Å²) in [5, 5.41) is 15.8. The van der Waals surface area contributed by atoms with E-state index in [1.54, 1.807) is 0 Å². The van der Waals surface area contributed by atoms with Crippen molar-refractivity contribution in [3.8, 4) is 5.75 Å². The first-order chi connectivity index (χ1) is 10.2. The van der Waals surface area contributed by atoms with Gasteiger partial charge in [-0.3, -0.25) is 14.9 Å². The molecule has 1 heterocycles. The van der Waals surface area contributed by atoms with E-state index in [4.69, 9.17) is 9.88 Å². The highest BCUT2D eigenvalue weighted by molar-refractivity contribution is 7.89. The molecule has 1 fully saturated rings. The summed E-state index contributed by atoms with van der Waals surface area (Å²) >= 11 is 0. The van der Waals surface area contributed by atoms with Crippen molar-refractivity contribution in [1.82, 2.24) is 0 Å². The topological polar surface area (TPSA) is 133 Å². The number of nitro groups is 1. The van der Waals surface area contributed by atoms with Gasteiger partial charge in [0.2, 0.25) is 15.9 Å². The van der Waals surface area contributed by atoms with E-state index in [1.165, 1.54) is 30.2 Å². The van der Waals surface area contributed by atoms with E-state index >= 15 is 0 Å². The molecule has 1 unspecified atom stereocenters. The molecule has 1 saturated heterocycles. The SMILES string of the molecule is COc1cc([N+](=O)[O-])ccc1N1CC(CS(N)(=O)=O)CC1=O. The number of sulfonamides is 1. The molecule has 0 bridgehead atoms. The molecular weight excluding hydrogens is 314 g/mol. The van der Waals surface area contributed by atoms with Crippen molar-refractivity contribution in [2.75, 3.05) is 24.3 Å². The minimum absolute atomic E-state index is 0.0522. The standard InChI is InChI=1S/C12H15N3O6S/c1-21-11-5-9(15(17)18)2-3-10(11)14-6-8(4-12(14)16)7-22(13,19)20/h2-3,5,8H,4,6-7H2,1H3,(H2,13,19,20). The van der Waals surface area contributed by atoms with Crippen LogP contribution < -0.4 is 14.8 Å². The zero-order chi connectivity index (χ0) is 16.5. The normalized spacial score (nSPS) is 18.5. The number of rotatable bonds is 5. The highest BCUT2D eigenvalue weighted by Crippen LogP contribution is 2.35. The summed E-state index contributed by atoms with van der Waals surface area (Å²) in [5.74, 6) is -0.799. The van der Waals surface area contributed by atoms with E-state index in [-0.39, 0.29) is 36.1 Å². The first kappa shape index (κ1) is 16.2. The predicted molar refractivity (Wildman–Crippen MR) is 78.1 cm³/mol. The van der Waals surface area contributed by atoms with Gasteiger partial charge in [0.15, 0.2) is 0 Å². The number of carbonyl (C=O) groups excluding carboxylic acids is 1. The molecule has 0 aromatic heterocycles. The van der Waals surface area contributed by atoms with Crippen LogP contribution in [0.2, 0.25) is 0 Å². The quantitative estimate of drug-likeness (QED) is 0.608. The van der Waals surface area contributed by atoms with Gasteiger partial charge < -0.3 is 9.64 Å². The van der Waals surface area contributed by atoms with E-state index < -0.39 is 20.9 Å². The Balaban J connectivity index is 2.28. The Hall–Kier alpha value is -2.20. The fraction of sp³-hybridized carbons (Fsp3) is 0.417. The maximum absolute atomic E-state index is 12.1. The van der Waals surface area contributed by atoms with Crippen molar-refractivity contribution in [3.05, 3.63) is 28.3 Å². The number of anilines is 1. The van der Waals surface area contributed by atoms with Gasteiger partial charge in [0.25, 0.3) is 5.69 Å². The van der Waals surface area contributed by atoms with Gasteiger partial charge in [-0.2, -0.15) is 0 Å². The summed E-state index contributed by atoms with van der Waals surface area (Å²) in [6.07, 6.45) is 0.0522. The van der Waals surface area contributed by atoms with Gasteiger partial charge in [-0.15, -0.1) is 0 Å². The lowest BCUT2D eigenvalue weighted by atomic mass is 10.1. The molecule has 0 aliphatic carbocycles. The lowest BCUT2D eigenvalue weighted by Gasteiger charge is -2.19. The lowest BCUT2D eigenvalue weighted by molar-refractivity contribution is -0.384. The van der Waals surface area contributed by atoms with E-state index in [1.807, 2.05) is 0 Å². The van der Waals surface area contributed by atoms with E-state index in [2.05, 4.69) is 0 Å². The van der Waals surface area contributed by atoms with Gasteiger partial charge in [0.05, 0.1) is 29.5 Å². The van der Waals surface area contributed by atoms with Gasteiger partial charge in [-0.25, -0.2) is 13.6 Å². The third kappa shape index (κ3) is 3.52. The van der Waals surface area contributed by atoms with E-state index in [0.29, 0.717) is 5.69 Å². The van der Waals surface area contributed by atoms with E-state index in [0.717, 1.165) is 0 Å². The molecule has 0 radical (unpaired) electrons. The molecule has 2 N–H and O–H groups in total. The van der Waals surface area contributed by atoms with Crippen LogP contribution >= 0.6 is 0 Å². The number of non-ortho nitro benzene ring substituents is 1. The Morgan fingerprint density at radius 2 is 2.18 bits per heavy atom. The van der Waals surface area contributed by atoms with Crippen LogP contribution in [-0.4, -0.2) is 38.7 Å². The Morgan fingerprint density at radius 3 is 2.73 bits per heavy atom. The monoisotopic (exact) mass is 329 g/mol. The molecule has 1 aliphatic rings. The third-order valence-corrected chi connectivity index (χ3v) is 4.27. The number of hydrogen-bond acceptors (Lipinski definition) is 6. The summed E-state index contributed by atoms with van der Waals surface area (Å²) in [6.45, 7) is 0.170. The summed E-state index contributed by atoms with van der Waals surface area (Å²) in [6, 6.07) is 3.89. The zero-order valence-electron chi connectivity index (χ0n) is 11.8. The fourth-order valence-corrected chi connectivity index (χ4v) is 3.34. The Kier molecular flexibility index (Phi) is 4.33. The number of hydrogen-bond donors (Lipinski definition) is 1. The Morgan fingerprint density at radius 1 is 1.50 bits per heavy atom. The second-order valence-electron chi connectivity index (χ2n) is 5.02. The van der Waals surface area contributed by atoms with Crippen LogP contribution in [0.4, 0.5) is 11.4 Å². The number of ether oxygens (including phenoxy) is 1. The van der Waals surface area contributed by atoms with Gasteiger partial charge in [0.1, 0.15) is 5.75 Å². The zero-order valence-corrected chi connectivity index (χ0v) is 12.6. The molecule has 9 nitrogen and oxygen atoms in total. The maximum atomic E-state index is 12.1. The van der Waals surface area contributed by atoms with Crippen molar-refractivity contribution < 1.29 is 22.9 Å². The lowest BCUT2D eigenvalue weighted by Crippen LogP contribution is -2.27. The number of methoxy groups -OCH3 is 1. The summed E-state index contributed by atoms with van der Waals surface area (Å²) < 4.78 is 27.3. The number of nitrogens with zero attached hydrogens (tertiary/aromatic N) is 2. The van der Waals surface area contributed by atoms with Gasteiger partial charge in [0, 0.05) is 24.9 Å². The first-order valence-corrected chi connectivity index (χ1v) is 8.06. The second-order valence-corrected chi connectivity index (χ2v) is 6.68. The molecule has 10 heteroatoms. The average molecular weight is 329 g/mol. The number of carbonyl (C=O) groups is 1. The molecule has 1 aromatic carbocycles. The molecule has 1 aliphatic heterocycles. The van der Waals surface area contributed by atoms with E-state index in [9.17, 15) is 23.3 Å².